The van der Waals surface area contributed by atoms with Crippen LogP contribution in [-0.2, 0) is 4.79 Å². The van der Waals surface area contributed by atoms with Crippen LogP contribution < -0.4 is 15.5 Å². The van der Waals surface area contributed by atoms with Gasteiger partial charge in [0.2, 0.25) is 0 Å². The molecule has 2 N–H and O–H groups in total. The number of anilines is 1. The van der Waals surface area contributed by atoms with Crippen LogP contribution in [0.5, 0.6) is 5.75 Å². The fourth-order valence-corrected chi connectivity index (χ4v) is 3.30. The first-order valence-corrected chi connectivity index (χ1v) is 8.10. The molecule has 1 fully saturated rings. The normalized spacial score (nSPS) is 21.7. The van der Waals surface area contributed by atoms with Crippen molar-refractivity contribution < 1.29 is 9.53 Å². The fourth-order valence-electron chi connectivity index (χ4n) is 3.30. The van der Waals surface area contributed by atoms with E-state index >= 15 is 0 Å². The number of carbonyl (C=O) groups excluding carboxylic acids is 1. The number of carbonyl (C=O) groups is 1. The van der Waals surface area contributed by atoms with Gasteiger partial charge < -0.3 is 10.1 Å². The van der Waals surface area contributed by atoms with E-state index in [2.05, 4.69) is 36.6 Å². The number of ether oxygens (including phenoxy) is 1. The van der Waals surface area contributed by atoms with Gasteiger partial charge in [0, 0.05) is 17.5 Å². The SMILES string of the molecule is COc1cccc(NCC(=O)N/N=C2/C[C@H](C)CC(C)(C)C2)c1. The van der Waals surface area contributed by atoms with Crippen LogP contribution in [0.2, 0.25) is 0 Å². The van der Waals surface area contributed by atoms with Crippen LogP contribution in [0, 0.1) is 11.3 Å². The Balaban J connectivity index is 1.83. The minimum Gasteiger partial charge on any atom is -0.497 e. The van der Waals surface area contributed by atoms with Gasteiger partial charge in [0.15, 0.2) is 0 Å². The molecule has 5 heteroatoms. The molecule has 5 nitrogen and oxygen atoms in total. The molecule has 126 valence electrons. The van der Waals surface area contributed by atoms with Crippen LogP contribution in [0.1, 0.15) is 40.0 Å². The van der Waals surface area contributed by atoms with Crippen molar-refractivity contribution in [3.05, 3.63) is 24.3 Å². The summed E-state index contributed by atoms with van der Waals surface area (Å²) in [7, 11) is 1.62. The molecule has 1 aliphatic rings. The van der Waals surface area contributed by atoms with E-state index in [0.29, 0.717) is 5.92 Å². The Hall–Kier alpha value is -2.04. The van der Waals surface area contributed by atoms with E-state index in [1.54, 1.807) is 7.11 Å². The third-order valence-corrected chi connectivity index (χ3v) is 4.03. The summed E-state index contributed by atoms with van der Waals surface area (Å²) in [6, 6.07) is 7.49. The van der Waals surface area contributed by atoms with E-state index in [-0.39, 0.29) is 17.9 Å². The van der Waals surface area contributed by atoms with Gasteiger partial charge in [-0.25, -0.2) is 5.43 Å². The smallest absolute Gasteiger partial charge is 0.259 e. The lowest BCUT2D eigenvalue weighted by Gasteiger charge is -2.34. The molecule has 0 bridgehead atoms. The highest BCUT2D eigenvalue weighted by Gasteiger charge is 2.29. The molecule has 2 rings (SSSR count). The molecule has 1 saturated carbocycles. The Bertz CT molecular complexity index is 581. The molecule has 1 aromatic carbocycles. The molecular formula is C18H27N3O2. The number of nitrogens with one attached hydrogen (secondary N) is 2. The summed E-state index contributed by atoms with van der Waals surface area (Å²) in [5, 5.41) is 7.40. The Morgan fingerprint density at radius 1 is 1.43 bits per heavy atom. The minimum absolute atomic E-state index is 0.142. The van der Waals surface area contributed by atoms with Gasteiger partial charge in [-0.3, -0.25) is 4.79 Å². The summed E-state index contributed by atoms with van der Waals surface area (Å²) in [5.74, 6) is 1.23. The second kappa shape index (κ2) is 7.49. The Morgan fingerprint density at radius 3 is 2.91 bits per heavy atom. The quantitative estimate of drug-likeness (QED) is 0.818. The number of benzene rings is 1. The summed E-state index contributed by atoms with van der Waals surface area (Å²) >= 11 is 0. The van der Waals surface area contributed by atoms with Crippen molar-refractivity contribution >= 4 is 17.3 Å². The summed E-state index contributed by atoms with van der Waals surface area (Å²) in [4.78, 5) is 11.9. The molecular weight excluding hydrogens is 290 g/mol. The van der Waals surface area contributed by atoms with Gasteiger partial charge in [-0.05, 0) is 42.7 Å². The lowest BCUT2D eigenvalue weighted by atomic mass is 9.72. The monoisotopic (exact) mass is 317 g/mol. The van der Waals surface area contributed by atoms with Gasteiger partial charge in [-0.2, -0.15) is 5.10 Å². The predicted octanol–water partition coefficient (Wildman–Crippen LogP) is 3.43. The Morgan fingerprint density at radius 2 is 2.22 bits per heavy atom. The molecule has 1 aliphatic carbocycles. The zero-order chi connectivity index (χ0) is 16.9. The lowest BCUT2D eigenvalue weighted by Crippen LogP contribution is -2.31. The lowest BCUT2D eigenvalue weighted by molar-refractivity contribution is -0.119. The van der Waals surface area contributed by atoms with Crippen LogP contribution in [-0.4, -0.2) is 25.3 Å². The zero-order valence-electron chi connectivity index (χ0n) is 14.5. The van der Waals surface area contributed by atoms with E-state index in [4.69, 9.17) is 4.74 Å². The second-order valence-corrected chi connectivity index (χ2v) is 7.15. The molecule has 0 heterocycles. The molecule has 0 radical (unpaired) electrons. The van der Waals surface area contributed by atoms with E-state index in [9.17, 15) is 4.79 Å². The summed E-state index contributed by atoms with van der Waals surface area (Å²) in [6.45, 7) is 6.93. The first-order valence-electron chi connectivity index (χ1n) is 8.10. The largest absolute Gasteiger partial charge is 0.497 e. The van der Waals surface area contributed by atoms with E-state index in [0.717, 1.165) is 30.0 Å². The molecule has 0 aliphatic heterocycles. The van der Waals surface area contributed by atoms with Crippen LogP contribution in [0.3, 0.4) is 0 Å². The summed E-state index contributed by atoms with van der Waals surface area (Å²) in [5.41, 5.74) is 4.86. The maximum Gasteiger partial charge on any atom is 0.259 e. The van der Waals surface area contributed by atoms with Gasteiger partial charge in [0.1, 0.15) is 5.75 Å². The van der Waals surface area contributed by atoms with Crippen molar-refractivity contribution in [2.24, 2.45) is 16.4 Å². The van der Waals surface area contributed by atoms with Crippen molar-refractivity contribution in [3.8, 4) is 5.75 Å². The maximum absolute atomic E-state index is 11.9. The highest BCUT2D eigenvalue weighted by atomic mass is 16.5. The second-order valence-electron chi connectivity index (χ2n) is 7.15. The number of amides is 1. The zero-order valence-corrected chi connectivity index (χ0v) is 14.5. The molecule has 0 spiro atoms. The number of hydrogen-bond acceptors (Lipinski definition) is 4. The van der Waals surface area contributed by atoms with Crippen molar-refractivity contribution in [1.82, 2.24) is 5.43 Å². The summed E-state index contributed by atoms with van der Waals surface area (Å²) < 4.78 is 5.16. The van der Waals surface area contributed by atoms with Crippen LogP contribution in [0.4, 0.5) is 5.69 Å². The average molecular weight is 317 g/mol. The van der Waals surface area contributed by atoms with Gasteiger partial charge in [-0.15, -0.1) is 0 Å². The standard InChI is InChI=1S/C18H27N3O2/c1-13-8-15(11-18(2,3)10-13)20-21-17(22)12-19-14-6-5-7-16(9-14)23-4/h5-7,9,13,19H,8,10-12H2,1-4H3,(H,21,22)/b20-15-/t13-/m0/s1. The van der Waals surface area contributed by atoms with Crippen LogP contribution in [0.25, 0.3) is 0 Å². The van der Waals surface area contributed by atoms with E-state index in [1.165, 1.54) is 6.42 Å². The number of methoxy groups -OCH3 is 1. The summed E-state index contributed by atoms with van der Waals surface area (Å²) in [6.07, 6.45) is 3.12. The van der Waals surface area contributed by atoms with Gasteiger partial charge in [0.05, 0.1) is 13.7 Å². The van der Waals surface area contributed by atoms with Crippen LogP contribution in [0.15, 0.2) is 29.4 Å². The van der Waals surface area contributed by atoms with Crippen molar-refractivity contribution in [2.45, 2.75) is 40.0 Å². The molecule has 0 saturated heterocycles. The molecule has 1 aromatic rings. The molecule has 23 heavy (non-hydrogen) atoms. The molecule has 0 unspecified atom stereocenters. The predicted molar refractivity (Wildman–Crippen MR) is 93.9 cm³/mol. The topological polar surface area (TPSA) is 62.7 Å². The minimum atomic E-state index is -0.142. The number of hydrogen-bond donors (Lipinski definition) is 2. The van der Waals surface area contributed by atoms with E-state index < -0.39 is 0 Å². The van der Waals surface area contributed by atoms with Gasteiger partial charge in [0.25, 0.3) is 5.91 Å². The third kappa shape index (κ3) is 5.58. The first kappa shape index (κ1) is 17.3. The molecule has 1 amide bonds. The van der Waals surface area contributed by atoms with Gasteiger partial charge >= 0.3 is 0 Å². The Kier molecular flexibility index (Phi) is 5.64. The fraction of sp³-hybridized carbons (Fsp3) is 0.556. The number of rotatable bonds is 5. The van der Waals surface area contributed by atoms with Crippen molar-refractivity contribution in [2.75, 3.05) is 19.0 Å². The van der Waals surface area contributed by atoms with Crippen molar-refractivity contribution in [3.63, 3.8) is 0 Å². The van der Waals surface area contributed by atoms with Gasteiger partial charge in [-0.1, -0.05) is 26.8 Å². The first-order chi connectivity index (χ1) is 10.9. The highest BCUT2D eigenvalue weighted by Crippen LogP contribution is 2.36. The molecule has 0 aromatic heterocycles. The number of hydrazone groups is 1. The average Bonchev–Trinajstić information content (AvgIpc) is 2.49. The Labute approximate surface area is 138 Å². The highest BCUT2D eigenvalue weighted by molar-refractivity contribution is 5.88. The van der Waals surface area contributed by atoms with Crippen LogP contribution >= 0.6 is 0 Å². The third-order valence-electron chi connectivity index (χ3n) is 4.03. The molecule has 1 atom stereocenters. The maximum atomic E-state index is 11.9. The van der Waals surface area contributed by atoms with Crippen molar-refractivity contribution in [1.29, 1.82) is 0 Å². The van der Waals surface area contributed by atoms with E-state index in [1.807, 2.05) is 24.3 Å². The number of nitrogens with zero attached hydrogens (tertiary/aromatic N) is 1.